The zero-order valence-electron chi connectivity index (χ0n) is 10.5. The molecule has 0 bridgehead atoms. The number of rotatable bonds is 6. The molecule has 0 aliphatic rings. The molecule has 0 saturated heterocycles. The molecule has 1 aromatic rings. The van der Waals surface area contributed by atoms with Gasteiger partial charge in [-0.2, -0.15) is 0 Å². The van der Waals surface area contributed by atoms with Gasteiger partial charge in [0.1, 0.15) is 6.61 Å². The molecule has 1 N–H and O–H groups in total. The first-order chi connectivity index (χ1) is 9.43. The minimum absolute atomic E-state index is 0.0245. The number of aliphatic carboxylic acids is 1. The molecule has 0 fully saturated rings. The van der Waals surface area contributed by atoms with Crippen LogP contribution >= 0.6 is 23.2 Å². The molecule has 0 aliphatic heterocycles. The van der Waals surface area contributed by atoms with Crippen LogP contribution in [-0.2, 0) is 9.53 Å². The van der Waals surface area contributed by atoms with E-state index in [1.54, 1.807) is 0 Å². The third kappa shape index (κ3) is 5.11. The van der Waals surface area contributed by atoms with Crippen LogP contribution in [0.2, 0.25) is 10.0 Å². The number of hydrogen-bond acceptors (Lipinski definition) is 3. The number of carbonyl (C=O) groups is 2. The third-order valence-electron chi connectivity index (χ3n) is 2.25. The molecule has 7 heteroatoms. The van der Waals surface area contributed by atoms with E-state index >= 15 is 0 Å². The van der Waals surface area contributed by atoms with E-state index < -0.39 is 12.1 Å². The quantitative estimate of drug-likeness (QED) is 0.814. The van der Waals surface area contributed by atoms with E-state index in [4.69, 9.17) is 33.0 Å². The maximum absolute atomic E-state index is 11.9. The fourth-order valence-corrected chi connectivity index (χ4v) is 1.95. The van der Waals surface area contributed by atoms with Gasteiger partial charge in [0.2, 0.25) is 0 Å². The highest BCUT2D eigenvalue weighted by Gasteiger charge is 2.19. The molecule has 0 saturated carbocycles. The van der Waals surface area contributed by atoms with Crippen molar-refractivity contribution in [2.75, 3.05) is 18.1 Å². The normalized spacial score (nSPS) is 9.90. The summed E-state index contributed by atoms with van der Waals surface area (Å²) in [6, 6.07) is 4.52. The van der Waals surface area contributed by atoms with E-state index in [-0.39, 0.29) is 19.6 Å². The zero-order valence-corrected chi connectivity index (χ0v) is 12.0. The molecule has 5 nitrogen and oxygen atoms in total. The number of carboxylic acid groups (broad SMARTS) is 1. The lowest BCUT2D eigenvalue weighted by Crippen LogP contribution is -2.33. The van der Waals surface area contributed by atoms with E-state index in [0.29, 0.717) is 15.7 Å². The van der Waals surface area contributed by atoms with Crippen molar-refractivity contribution in [2.45, 2.75) is 6.42 Å². The number of hydrogen-bond donors (Lipinski definition) is 1. The lowest BCUT2D eigenvalue weighted by atomic mass is 10.2. The predicted molar refractivity (Wildman–Crippen MR) is 77.6 cm³/mol. The average molecular weight is 318 g/mol. The standard InChI is InChI=1S/C13H13Cl2NO4/c1-2-5-20-13(19)16(4-3-12(17)18)11-7-9(14)6-10(15)8-11/h2,6-8H,1,3-5H2,(H,17,18). The van der Waals surface area contributed by atoms with Crippen LogP contribution in [0.5, 0.6) is 0 Å². The van der Waals surface area contributed by atoms with Crippen molar-refractivity contribution in [1.82, 2.24) is 0 Å². The van der Waals surface area contributed by atoms with Crippen molar-refractivity contribution < 1.29 is 19.4 Å². The molecule has 0 atom stereocenters. The van der Waals surface area contributed by atoms with Gasteiger partial charge in [0.05, 0.1) is 6.42 Å². The first-order valence-electron chi connectivity index (χ1n) is 5.67. The van der Waals surface area contributed by atoms with E-state index in [1.807, 2.05) is 0 Å². The maximum atomic E-state index is 11.9. The van der Waals surface area contributed by atoms with Crippen LogP contribution in [0.3, 0.4) is 0 Å². The van der Waals surface area contributed by atoms with Gasteiger partial charge in [0.15, 0.2) is 0 Å². The van der Waals surface area contributed by atoms with Gasteiger partial charge in [-0.05, 0) is 18.2 Å². The fourth-order valence-electron chi connectivity index (χ4n) is 1.44. The maximum Gasteiger partial charge on any atom is 0.414 e. The Bertz CT molecular complexity index is 499. The summed E-state index contributed by atoms with van der Waals surface area (Å²) in [4.78, 5) is 23.7. The van der Waals surface area contributed by atoms with Crippen LogP contribution in [-0.4, -0.2) is 30.3 Å². The summed E-state index contributed by atoms with van der Waals surface area (Å²) in [5.41, 5.74) is 0.373. The van der Waals surface area contributed by atoms with E-state index in [0.717, 1.165) is 4.90 Å². The van der Waals surface area contributed by atoms with E-state index in [2.05, 4.69) is 6.58 Å². The largest absolute Gasteiger partial charge is 0.481 e. The Morgan fingerprint density at radius 3 is 2.40 bits per heavy atom. The van der Waals surface area contributed by atoms with Gasteiger partial charge in [-0.3, -0.25) is 9.69 Å². The lowest BCUT2D eigenvalue weighted by Gasteiger charge is -2.21. The van der Waals surface area contributed by atoms with Crippen LogP contribution in [0.25, 0.3) is 0 Å². The number of ether oxygens (including phenoxy) is 1. The molecular weight excluding hydrogens is 305 g/mol. The summed E-state index contributed by atoms with van der Waals surface area (Å²) >= 11 is 11.7. The van der Waals surface area contributed by atoms with Crippen molar-refractivity contribution in [3.05, 3.63) is 40.9 Å². The number of carboxylic acids is 1. The van der Waals surface area contributed by atoms with E-state index in [1.165, 1.54) is 24.3 Å². The number of benzene rings is 1. The van der Waals surface area contributed by atoms with Crippen LogP contribution < -0.4 is 4.90 Å². The highest BCUT2D eigenvalue weighted by molar-refractivity contribution is 6.35. The monoisotopic (exact) mass is 317 g/mol. The molecule has 0 aromatic heterocycles. The fraction of sp³-hybridized carbons (Fsp3) is 0.231. The van der Waals surface area contributed by atoms with Crippen molar-refractivity contribution in [1.29, 1.82) is 0 Å². The SMILES string of the molecule is C=CCOC(=O)N(CCC(=O)O)c1cc(Cl)cc(Cl)c1. The predicted octanol–water partition coefficient (Wildman–Crippen LogP) is 3.60. The number of carbonyl (C=O) groups excluding carboxylic acids is 1. The second-order valence-corrected chi connectivity index (χ2v) is 4.66. The minimum Gasteiger partial charge on any atom is -0.481 e. The molecule has 1 aromatic carbocycles. The van der Waals surface area contributed by atoms with Crippen LogP contribution in [0.15, 0.2) is 30.9 Å². The van der Waals surface area contributed by atoms with Gasteiger partial charge < -0.3 is 9.84 Å². The van der Waals surface area contributed by atoms with Gasteiger partial charge in [-0.25, -0.2) is 4.79 Å². The lowest BCUT2D eigenvalue weighted by molar-refractivity contribution is -0.136. The van der Waals surface area contributed by atoms with Gasteiger partial charge in [-0.15, -0.1) is 0 Å². The summed E-state index contributed by atoms with van der Waals surface area (Å²) in [5, 5.41) is 9.40. The number of amides is 1. The summed E-state index contributed by atoms with van der Waals surface area (Å²) in [6.07, 6.45) is 0.496. The number of anilines is 1. The summed E-state index contributed by atoms with van der Waals surface area (Å²) in [5.74, 6) is -1.03. The Kier molecular flexibility index (Phi) is 6.35. The van der Waals surface area contributed by atoms with Crippen LogP contribution in [0.4, 0.5) is 10.5 Å². The first-order valence-corrected chi connectivity index (χ1v) is 6.42. The van der Waals surface area contributed by atoms with E-state index in [9.17, 15) is 9.59 Å². The Morgan fingerprint density at radius 2 is 1.90 bits per heavy atom. The molecule has 0 spiro atoms. The Morgan fingerprint density at radius 1 is 1.30 bits per heavy atom. The Balaban J connectivity index is 2.98. The van der Waals surface area contributed by atoms with Gasteiger partial charge >= 0.3 is 12.1 Å². The van der Waals surface area contributed by atoms with Gasteiger partial charge in [-0.1, -0.05) is 35.9 Å². The molecule has 0 heterocycles. The molecular formula is C13H13Cl2NO4. The number of nitrogens with zero attached hydrogens (tertiary/aromatic N) is 1. The van der Waals surface area contributed by atoms with Gasteiger partial charge in [0, 0.05) is 22.3 Å². The minimum atomic E-state index is -1.03. The Labute approximate surface area is 126 Å². The molecule has 0 radical (unpaired) electrons. The second-order valence-electron chi connectivity index (χ2n) is 3.79. The summed E-state index contributed by atoms with van der Waals surface area (Å²) in [6.45, 7) is 3.41. The highest BCUT2D eigenvalue weighted by Crippen LogP contribution is 2.26. The average Bonchev–Trinajstić information content (AvgIpc) is 2.35. The second kappa shape index (κ2) is 7.77. The summed E-state index contributed by atoms with van der Waals surface area (Å²) in [7, 11) is 0. The van der Waals surface area contributed by atoms with Crippen LogP contribution in [0.1, 0.15) is 6.42 Å². The van der Waals surface area contributed by atoms with Crippen molar-refractivity contribution >= 4 is 41.0 Å². The van der Waals surface area contributed by atoms with Crippen molar-refractivity contribution in [3.8, 4) is 0 Å². The molecule has 0 unspecified atom stereocenters. The van der Waals surface area contributed by atoms with Crippen molar-refractivity contribution in [2.24, 2.45) is 0 Å². The third-order valence-corrected chi connectivity index (χ3v) is 2.69. The van der Waals surface area contributed by atoms with Crippen LogP contribution in [0, 0.1) is 0 Å². The number of halogens is 2. The molecule has 0 aliphatic carbocycles. The molecule has 108 valence electrons. The molecule has 20 heavy (non-hydrogen) atoms. The topological polar surface area (TPSA) is 66.8 Å². The molecule has 1 amide bonds. The Hall–Kier alpha value is -1.72. The smallest absolute Gasteiger partial charge is 0.414 e. The highest BCUT2D eigenvalue weighted by atomic mass is 35.5. The van der Waals surface area contributed by atoms with Crippen molar-refractivity contribution in [3.63, 3.8) is 0 Å². The first kappa shape index (κ1) is 16.3. The molecule has 1 rings (SSSR count). The zero-order chi connectivity index (χ0) is 15.1. The summed E-state index contributed by atoms with van der Waals surface area (Å²) < 4.78 is 4.91. The van der Waals surface area contributed by atoms with Gasteiger partial charge in [0.25, 0.3) is 0 Å².